The Balaban J connectivity index is 1.74. The Morgan fingerprint density at radius 3 is 2.47 bits per heavy atom. The number of rotatable bonds is 5. The monoisotopic (exact) mass is 451 g/mol. The molecule has 4 aromatic rings. The molecule has 1 heterocycles. The third-order valence-electron chi connectivity index (χ3n) is 4.85. The molecule has 0 radical (unpaired) electrons. The number of hydrogen-bond donors (Lipinski definition) is 2. The van der Waals surface area contributed by atoms with Crippen LogP contribution < -0.4 is 20.2 Å². The zero-order valence-corrected chi connectivity index (χ0v) is 17.9. The van der Waals surface area contributed by atoms with E-state index in [2.05, 4.69) is 5.32 Å². The summed E-state index contributed by atoms with van der Waals surface area (Å²) in [6.45, 7) is 0. The van der Waals surface area contributed by atoms with E-state index in [1.54, 1.807) is 48.5 Å². The van der Waals surface area contributed by atoms with Crippen LogP contribution in [0.1, 0.15) is 10.4 Å². The summed E-state index contributed by atoms with van der Waals surface area (Å²) in [6.07, 6.45) is 0. The maximum Gasteiger partial charge on any atom is 0.255 e. The molecule has 4 rings (SSSR count). The van der Waals surface area contributed by atoms with Crippen LogP contribution in [0, 0.1) is 0 Å². The van der Waals surface area contributed by atoms with E-state index in [1.165, 1.54) is 26.4 Å². The van der Waals surface area contributed by atoms with Crippen molar-refractivity contribution in [3.63, 3.8) is 0 Å². The number of methoxy groups -OCH3 is 2. The molecule has 7 nitrogen and oxygen atoms in total. The number of amides is 1. The molecule has 2 N–H and O–H groups in total. The molecule has 0 aliphatic carbocycles. The van der Waals surface area contributed by atoms with Gasteiger partial charge in [-0.3, -0.25) is 9.59 Å². The van der Waals surface area contributed by atoms with Crippen LogP contribution in [0.5, 0.6) is 17.2 Å². The van der Waals surface area contributed by atoms with Gasteiger partial charge in [-0.15, -0.1) is 0 Å². The third kappa shape index (κ3) is 3.98. The van der Waals surface area contributed by atoms with Crippen LogP contribution in [-0.2, 0) is 0 Å². The molecule has 0 saturated carbocycles. The highest BCUT2D eigenvalue weighted by molar-refractivity contribution is 6.30. The van der Waals surface area contributed by atoms with Crippen molar-refractivity contribution in [2.75, 3.05) is 19.5 Å². The molecule has 1 amide bonds. The molecule has 0 spiro atoms. The van der Waals surface area contributed by atoms with Gasteiger partial charge in [0.2, 0.25) is 5.75 Å². The molecule has 0 fully saturated rings. The van der Waals surface area contributed by atoms with Gasteiger partial charge < -0.3 is 24.3 Å². The number of anilines is 1. The Morgan fingerprint density at radius 1 is 1.03 bits per heavy atom. The number of fused-ring (bicyclic) bond motifs is 1. The van der Waals surface area contributed by atoms with Crippen molar-refractivity contribution in [1.29, 1.82) is 0 Å². The highest BCUT2D eigenvalue weighted by Gasteiger charge is 2.19. The quantitative estimate of drug-likeness (QED) is 0.438. The predicted octanol–water partition coefficient (Wildman–Crippen LogP) is 5.09. The van der Waals surface area contributed by atoms with Gasteiger partial charge in [-0.05, 0) is 36.4 Å². The van der Waals surface area contributed by atoms with E-state index < -0.39 is 5.43 Å². The lowest BCUT2D eigenvalue weighted by Gasteiger charge is -2.12. The first-order valence-electron chi connectivity index (χ1n) is 9.50. The zero-order valence-electron chi connectivity index (χ0n) is 17.1. The van der Waals surface area contributed by atoms with E-state index in [9.17, 15) is 14.7 Å². The minimum Gasteiger partial charge on any atom is -0.504 e. The number of nitrogens with one attached hydrogen (secondary N) is 1. The van der Waals surface area contributed by atoms with Crippen LogP contribution in [0.25, 0.3) is 22.3 Å². The lowest BCUT2D eigenvalue weighted by atomic mass is 10.1. The largest absolute Gasteiger partial charge is 0.504 e. The maximum atomic E-state index is 12.7. The first-order valence-corrected chi connectivity index (χ1v) is 9.88. The summed E-state index contributed by atoms with van der Waals surface area (Å²) in [6, 6.07) is 16.1. The summed E-state index contributed by atoms with van der Waals surface area (Å²) in [4.78, 5) is 25.4. The van der Waals surface area contributed by atoms with Gasteiger partial charge in [-0.1, -0.05) is 23.7 Å². The molecule has 3 aromatic carbocycles. The van der Waals surface area contributed by atoms with E-state index >= 15 is 0 Å². The second kappa shape index (κ2) is 8.64. The number of phenols is 1. The Morgan fingerprint density at radius 2 is 1.78 bits per heavy atom. The molecule has 0 bridgehead atoms. The molecule has 162 valence electrons. The number of phenolic OH excluding ortho intramolecular Hbond substituents is 1. The summed E-state index contributed by atoms with van der Waals surface area (Å²) < 4.78 is 16.2. The molecule has 0 saturated heterocycles. The summed E-state index contributed by atoms with van der Waals surface area (Å²) in [5.41, 5.74) is 1.14. The minimum absolute atomic E-state index is 0.0250. The fraction of sp³-hybridized carbons (Fsp3) is 0.0833. The van der Waals surface area contributed by atoms with Gasteiger partial charge in [0.25, 0.3) is 5.91 Å². The van der Waals surface area contributed by atoms with E-state index in [-0.39, 0.29) is 39.9 Å². The van der Waals surface area contributed by atoms with Gasteiger partial charge in [0, 0.05) is 34.0 Å². The van der Waals surface area contributed by atoms with E-state index in [0.717, 1.165) is 0 Å². The van der Waals surface area contributed by atoms with Crippen molar-refractivity contribution in [3.8, 4) is 28.6 Å². The number of carbonyl (C=O) groups excluding carboxylic acids is 1. The predicted molar refractivity (Wildman–Crippen MR) is 122 cm³/mol. The zero-order chi connectivity index (χ0) is 22.8. The van der Waals surface area contributed by atoms with E-state index in [1.807, 2.05) is 0 Å². The van der Waals surface area contributed by atoms with Gasteiger partial charge >= 0.3 is 0 Å². The van der Waals surface area contributed by atoms with Gasteiger partial charge in [-0.25, -0.2) is 0 Å². The van der Waals surface area contributed by atoms with E-state index in [4.69, 9.17) is 25.5 Å². The van der Waals surface area contributed by atoms with Crippen molar-refractivity contribution >= 4 is 34.2 Å². The number of halogens is 1. The molecule has 0 aliphatic heterocycles. The van der Waals surface area contributed by atoms with Crippen LogP contribution in [0.4, 0.5) is 5.69 Å². The molecule has 32 heavy (non-hydrogen) atoms. The standard InChI is InChI=1S/C24H18ClNO6/c1-30-20-12-19-21(22(28)23(20)31-2)17(27)11-18(32-19)13-4-3-5-14(10-13)24(29)26-16-8-6-15(25)7-9-16/h3-12,28H,1-2H3,(H,26,29). The summed E-state index contributed by atoms with van der Waals surface area (Å²) in [5.74, 6) is -0.204. The van der Waals surface area contributed by atoms with Crippen molar-refractivity contribution in [2.45, 2.75) is 0 Å². The average Bonchev–Trinajstić information content (AvgIpc) is 2.80. The topological polar surface area (TPSA) is 98.0 Å². The smallest absolute Gasteiger partial charge is 0.255 e. The molecule has 8 heteroatoms. The molecule has 1 aromatic heterocycles. The number of hydrogen-bond acceptors (Lipinski definition) is 6. The Hall–Kier alpha value is -3.97. The van der Waals surface area contributed by atoms with Crippen molar-refractivity contribution in [3.05, 3.63) is 81.5 Å². The van der Waals surface area contributed by atoms with Crippen LogP contribution >= 0.6 is 11.6 Å². The maximum absolute atomic E-state index is 12.7. The lowest BCUT2D eigenvalue weighted by molar-refractivity contribution is 0.102. The summed E-state index contributed by atoms with van der Waals surface area (Å²) in [7, 11) is 2.77. The Labute approximate surface area is 187 Å². The third-order valence-corrected chi connectivity index (χ3v) is 5.10. The first kappa shape index (κ1) is 21.3. The Kier molecular flexibility index (Phi) is 5.75. The van der Waals surface area contributed by atoms with Gasteiger partial charge in [0.1, 0.15) is 16.7 Å². The second-order valence-electron chi connectivity index (χ2n) is 6.85. The van der Waals surface area contributed by atoms with Gasteiger partial charge in [0.05, 0.1) is 14.2 Å². The van der Waals surface area contributed by atoms with Crippen LogP contribution in [0.2, 0.25) is 5.02 Å². The lowest BCUT2D eigenvalue weighted by Crippen LogP contribution is -2.11. The molecule has 0 unspecified atom stereocenters. The highest BCUT2D eigenvalue weighted by Crippen LogP contribution is 2.42. The summed E-state index contributed by atoms with van der Waals surface area (Å²) >= 11 is 5.87. The molecule has 0 atom stereocenters. The number of ether oxygens (including phenoxy) is 2. The minimum atomic E-state index is -0.462. The first-order chi connectivity index (χ1) is 15.4. The van der Waals surface area contributed by atoms with Gasteiger partial charge in [-0.2, -0.15) is 0 Å². The van der Waals surface area contributed by atoms with Crippen LogP contribution in [0.15, 0.2) is 69.9 Å². The number of benzene rings is 3. The molecular formula is C24H18ClNO6. The Bertz CT molecular complexity index is 1380. The van der Waals surface area contributed by atoms with E-state index in [0.29, 0.717) is 21.8 Å². The summed E-state index contributed by atoms with van der Waals surface area (Å²) in [5, 5.41) is 13.8. The van der Waals surface area contributed by atoms with Crippen LogP contribution in [-0.4, -0.2) is 25.2 Å². The van der Waals surface area contributed by atoms with Crippen molar-refractivity contribution in [2.24, 2.45) is 0 Å². The van der Waals surface area contributed by atoms with Crippen LogP contribution in [0.3, 0.4) is 0 Å². The average molecular weight is 452 g/mol. The second-order valence-corrected chi connectivity index (χ2v) is 7.29. The van der Waals surface area contributed by atoms with Crippen molar-refractivity contribution in [1.82, 2.24) is 0 Å². The number of carbonyl (C=O) groups is 1. The number of aromatic hydroxyl groups is 1. The highest BCUT2D eigenvalue weighted by atomic mass is 35.5. The molecule has 0 aliphatic rings. The fourth-order valence-corrected chi connectivity index (χ4v) is 3.43. The van der Waals surface area contributed by atoms with Gasteiger partial charge in [0.15, 0.2) is 16.9 Å². The molecular weight excluding hydrogens is 434 g/mol. The fourth-order valence-electron chi connectivity index (χ4n) is 3.30. The van der Waals surface area contributed by atoms with Crippen molar-refractivity contribution < 1.29 is 23.8 Å². The normalized spacial score (nSPS) is 10.7. The SMILES string of the molecule is COc1cc2oc(-c3cccc(C(=O)Nc4ccc(Cl)cc4)c3)cc(=O)c2c(O)c1OC.